The molecule has 2 N–H and O–H groups in total. The summed E-state index contributed by atoms with van der Waals surface area (Å²) in [6, 6.07) is 0. The van der Waals surface area contributed by atoms with E-state index in [9.17, 15) is 4.79 Å². The van der Waals surface area contributed by atoms with E-state index in [0.717, 1.165) is 18.8 Å². The van der Waals surface area contributed by atoms with Crippen molar-refractivity contribution in [2.24, 2.45) is 5.73 Å². The van der Waals surface area contributed by atoms with E-state index in [4.69, 9.17) is 5.73 Å². The molecule has 0 aromatic rings. The second kappa shape index (κ2) is 10.0. The zero-order valence-electron chi connectivity index (χ0n) is 10.9. The summed E-state index contributed by atoms with van der Waals surface area (Å²) < 4.78 is 0. The summed E-state index contributed by atoms with van der Waals surface area (Å²) in [5.74, 6) is -0.478. The number of hydrogen-bond donors (Lipinski definition) is 1. The van der Waals surface area contributed by atoms with E-state index in [-0.39, 0.29) is 0 Å². The maximum absolute atomic E-state index is 10.9. The number of hydrogen-bond acceptors (Lipinski definition) is 2. The van der Waals surface area contributed by atoms with Crippen molar-refractivity contribution in [2.45, 2.75) is 27.7 Å². The van der Waals surface area contributed by atoms with Gasteiger partial charge in [0.25, 0.3) is 0 Å². The standard InChI is InChI=1S/C11H18N2O.C2H6/c1-5-10(11(12)14)8-9(4)13(6-2)7-3;1-2/h5,8H,1,4,6-7H2,2-3H3,(H2,12,14);1-2H3/b10-8+;. The van der Waals surface area contributed by atoms with Crippen molar-refractivity contribution in [1.29, 1.82) is 0 Å². The van der Waals surface area contributed by atoms with E-state index in [1.165, 1.54) is 6.08 Å². The molecule has 0 aliphatic rings. The lowest BCUT2D eigenvalue weighted by molar-refractivity contribution is -0.114. The Kier molecular flexibility index (Phi) is 10.6. The molecule has 3 heteroatoms. The van der Waals surface area contributed by atoms with Gasteiger partial charge in [0.05, 0.1) is 0 Å². The number of nitrogens with two attached hydrogens (primary N) is 1. The van der Waals surface area contributed by atoms with Crippen LogP contribution in [0.25, 0.3) is 0 Å². The van der Waals surface area contributed by atoms with Gasteiger partial charge in [0.2, 0.25) is 5.91 Å². The molecule has 0 fully saturated rings. The van der Waals surface area contributed by atoms with Gasteiger partial charge in [-0.05, 0) is 19.9 Å². The number of amides is 1. The molecule has 0 aromatic carbocycles. The van der Waals surface area contributed by atoms with Crippen molar-refractivity contribution in [3.05, 3.63) is 36.6 Å². The normalized spacial score (nSPS) is 9.88. The third kappa shape index (κ3) is 6.06. The van der Waals surface area contributed by atoms with E-state index < -0.39 is 5.91 Å². The van der Waals surface area contributed by atoms with Gasteiger partial charge in [-0.1, -0.05) is 33.1 Å². The number of nitrogens with zero attached hydrogens (tertiary/aromatic N) is 1. The summed E-state index contributed by atoms with van der Waals surface area (Å²) in [6.07, 6.45) is 3.10. The Bertz CT molecular complexity index is 263. The molecular weight excluding hydrogens is 200 g/mol. The minimum absolute atomic E-state index is 0.391. The Labute approximate surface area is 99.3 Å². The Hall–Kier alpha value is -1.51. The lowest BCUT2D eigenvalue weighted by atomic mass is 10.2. The molecule has 0 rings (SSSR count). The fraction of sp³-hybridized carbons (Fsp3) is 0.462. The van der Waals surface area contributed by atoms with Gasteiger partial charge in [-0.25, -0.2) is 0 Å². The third-order valence-corrected chi connectivity index (χ3v) is 2.00. The van der Waals surface area contributed by atoms with Gasteiger partial charge >= 0.3 is 0 Å². The van der Waals surface area contributed by atoms with Crippen molar-refractivity contribution in [3.8, 4) is 0 Å². The minimum Gasteiger partial charge on any atom is -0.373 e. The van der Waals surface area contributed by atoms with Crippen LogP contribution in [0.15, 0.2) is 36.6 Å². The van der Waals surface area contributed by atoms with E-state index in [0.29, 0.717) is 5.57 Å². The smallest absolute Gasteiger partial charge is 0.248 e. The molecule has 0 spiro atoms. The first-order chi connectivity index (χ1) is 7.56. The monoisotopic (exact) mass is 224 g/mol. The van der Waals surface area contributed by atoms with Crippen LogP contribution in [-0.4, -0.2) is 23.9 Å². The Balaban J connectivity index is 0. The highest BCUT2D eigenvalue weighted by atomic mass is 16.1. The van der Waals surface area contributed by atoms with Gasteiger partial charge in [-0.2, -0.15) is 0 Å². The molecule has 0 atom stereocenters. The average molecular weight is 224 g/mol. The van der Waals surface area contributed by atoms with Crippen molar-refractivity contribution in [3.63, 3.8) is 0 Å². The lowest BCUT2D eigenvalue weighted by Crippen LogP contribution is -2.21. The van der Waals surface area contributed by atoms with Gasteiger partial charge in [0, 0.05) is 24.4 Å². The van der Waals surface area contributed by atoms with Gasteiger partial charge in [-0.3, -0.25) is 4.79 Å². The molecule has 0 bridgehead atoms. The highest BCUT2D eigenvalue weighted by Crippen LogP contribution is 2.06. The van der Waals surface area contributed by atoms with Crippen LogP contribution < -0.4 is 5.73 Å². The number of allylic oxidation sites excluding steroid dienone is 1. The van der Waals surface area contributed by atoms with Crippen molar-refractivity contribution in [1.82, 2.24) is 4.90 Å². The first-order valence-corrected chi connectivity index (χ1v) is 5.64. The topological polar surface area (TPSA) is 46.3 Å². The van der Waals surface area contributed by atoms with E-state index >= 15 is 0 Å². The van der Waals surface area contributed by atoms with Crippen LogP contribution in [0.2, 0.25) is 0 Å². The minimum atomic E-state index is -0.478. The molecule has 1 amide bonds. The molecule has 0 saturated carbocycles. The Morgan fingerprint density at radius 2 is 1.75 bits per heavy atom. The summed E-state index contributed by atoms with van der Waals surface area (Å²) in [4.78, 5) is 12.9. The number of carbonyl (C=O) groups is 1. The van der Waals surface area contributed by atoms with Crippen molar-refractivity contribution < 1.29 is 4.79 Å². The zero-order valence-corrected chi connectivity index (χ0v) is 10.9. The highest BCUT2D eigenvalue weighted by molar-refractivity contribution is 5.95. The van der Waals surface area contributed by atoms with E-state index in [2.05, 4.69) is 13.2 Å². The van der Waals surface area contributed by atoms with Crippen LogP contribution in [0.5, 0.6) is 0 Å². The molecule has 0 unspecified atom stereocenters. The molecule has 0 aliphatic heterocycles. The molecule has 0 radical (unpaired) electrons. The van der Waals surface area contributed by atoms with Crippen LogP contribution in [0.3, 0.4) is 0 Å². The maximum Gasteiger partial charge on any atom is 0.248 e. The van der Waals surface area contributed by atoms with Crippen molar-refractivity contribution in [2.75, 3.05) is 13.1 Å². The number of primary amides is 1. The molecular formula is C13H24N2O. The Morgan fingerprint density at radius 3 is 2.00 bits per heavy atom. The lowest BCUT2D eigenvalue weighted by Gasteiger charge is -2.21. The van der Waals surface area contributed by atoms with Crippen LogP contribution in [-0.2, 0) is 4.79 Å². The first kappa shape index (κ1) is 16.9. The van der Waals surface area contributed by atoms with Gasteiger partial charge in [-0.15, -0.1) is 0 Å². The van der Waals surface area contributed by atoms with Crippen LogP contribution in [0.1, 0.15) is 27.7 Å². The molecule has 0 aliphatic carbocycles. The largest absolute Gasteiger partial charge is 0.373 e. The van der Waals surface area contributed by atoms with Crippen LogP contribution >= 0.6 is 0 Å². The summed E-state index contributed by atoms with van der Waals surface area (Å²) in [5, 5.41) is 0. The SMILES string of the molecule is C=C/C(=C\C(=C)N(CC)CC)C(N)=O.CC. The highest BCUT2D eigenvalue weighted by Gasteiger charge is 2.04. The average Bonchev–Trinajstić information content (AvgIpc) is 2.29. The second-order valence-corrected chi connectivity index (χ2v) is 2.83. The maximum atomic E-state index is 10.9. The van der Waals surface area contributed by atoms with Crippen LogP contribution in [0, 0.1) is 0 Å². The zero-order chi connectivity index (χ0) is 13.1. The molecule has 92 valence electrons. The molecule has 0 heterocycles. The molecule has 0 aromatic heterocycles. The quantitative estimate of drug-likeness (QED) is 0.556. The summed E-state index contributed by atoms with van der Waals surface area (Å²) >= 11 is 0. The van der Waals surface area contributed by atoms with Crippen molar-refractivity contribution >= 4 is 5.91 Å². The fourth-order valence-corrected chi connectivity index (χ4v) is 1.13. The van der Waals surface area contributed by atoms with Crippen LogP contribution in [0.4, 0.5) is 0 Å². The van der Waals surface area contributed by atoms with Gasteiger partial charge in [0.1, 0.15) is 0 Å². The molecule has 16 heavy (non-hydrogen) atoms. The van der Waals surface area contributed by atoms with Gasteiger partial charge in [0.15, 0.2) is 0 Å². The molecule has 0 saturated heterocycles. The predicted molar refractivity (Wildman–Crippen MR) is 70.9 cm³/mol. The van der Waals surface area contributed by atoms with E-state index in [1.54, 1.807) is 6.08 Å². The third-order valence-electron chi connectivity index (χ3n) is 2.00. The number of carbonyl (C=O) groups excluding carboxylic acids is 1. The summed E-state index contributed by atoms with van der Waals surface area (Å²) in [5.41, 5.74) is 6.31. The second-order valence-electron chi connectivity index (χ2n) is 2.83. The number of rotatable bonds is 6. The van der Waals surface area contributed by atoms with E-state index in [1.807, 2.05) is 32.6 Å². The number of likely N-dealkylation sites (N-methyl/N-ethyl adjacent to an activating group) is 1. The fourth-order valence-electron chi connectivity index (χ4n) is 1.13. The van der Waals surface area contributed by atoms with Gasteiger partial charge < -0.3 is 10.6 Å². The predicted octanol–water partition coefficient (Wildman–Crippen LogP) is 2.47. The summed E-state index contributed by atoms with van der Waals surface area (Å²) in [7, 11) is 0. The first-order valence-electron chi connectivity index (χ1n) is 5.64. The summed E-state index contributed by atoms with van der Waals surface area (Å²) in [6.45, 7) is 17.1. The molecule has 3 nitrogen and oxygen atoms in total. The Morgan fingerprint density at radius 1 is 1.31 bits per heavy atom.